The number of ether oxygens (including phenoxy) is 1. The van der Waals surface area contributed by atoms with Gasteiger partial charge in [-0.15, -0.1) is 0 Å². The maximum Gasteiger partial charge on any atom is 0.491 e. The third-order valence-corrected chi connectivity index (χ3v) is 4.83. The fraction of sp³-hybridized carbons (Fsp3) is 0.556. The fourth-order valence-electron chi connectivity index (χ4n) is 2.82. The zero-order valence-corrected chi connectivity index (χ0v) is 15.3. The summed E-state index contributed by atoms with van der Waals surface area (Å²) in [6.07, 6.45) is 2.06. The highest BCUT2D eigenvalue weighted by atomic mass is 16.7. The molecule has 0 bridgehead atoms. The SMILES string of the molecule is COc1c(C)cc(C=C(CN)B2OC(C)(C)C(C)(C)O2)cc1C. The summed E-state index contributed by atoms with van der Waals surface area (Å²) in [5.74, 6) is 0.923. The largest absolute Gasteiger partial charge is 0.496 e. The molecule has 0 radical (unpaired) electrons. The van der Waals surface area contributed by atoms with Gasteiger partial charge in [-0.2, -0.15) is 0 Å². The average Bonchev–Trinajstić information content (AvgIpc) is 2.64. The molecular weight excluding hydrogens is 289 g/mol. The molecule has 1 aromatic carbocycles. The van der Waals surface area contributed by atoms with E-state index in [-0.39, 0.29) is 11.2 Å². The van der Waals surface area contributed by atoms with E-state index in [4.69, 9.17) is 19.8 Å². The average molecular weight is 317 g/mol. The third kappa shape index (κ3) is 3.47. The fourth-order valence-corrected chi connectivity index (χ4v) is 2.82. The van der Waals surface area contributed by atoms with Gasteiger partial charge in [0.15, 0.2) is 0 Å². The Morgan fingerprint density at radius 3 is 2.00 bits per heavy atom. The second-order valence-electron chi connectivity index (χ2n) is 7.20. The molecule has 1 aliphatic heterocycles. The van der Waals surface area contributed by atoms with Gasteiger partial charge in [-0.1, -0.05) is 6.08 Å². The van der Waals surface area contributed by atoms with E-state index in [0.717, 1.165) is 27.9 Å². The number of benzene rings is 1. The van der Waals surface area contributed by atoms with Crippen LogP contribution in [-0.4, -0.2) is 32.0 Å². The van der Waals surface area contributed by atoms with E-state index in [1.54, 1.807) is 7.11 Å². The van der Waals surface area contributed by atoms with Crippen LogP contribution in [0.3, 0.4) is 0 Å². The Hall–Kier alpha value is -1.30. The lowest BCUT2D eigenvalue weighted by molar-refractivity contribution is 0.00578. The van der Waals surface area contributed by atoms with Gasteiger partial charge >= 0.3 is 7.12 Å². The molecule has 0 atom stereocenters. The van der Waals surface area contributed by atoms with E-state index in [0.29, 0.717) is 6.54 Å². The highest BCUT2D eigenvalue weighted by molar-refractivity contribution is 6.55. The number of hydrogen-bond donors (Lipinski definition) is 1. The monoisotopic (exact) mass is 317 g/mol. The molecule has 5 heteroatoms. The van der Waals surface area contributed by atoms with Crippen LogP contribution in [0.5, 0.6) is 5.75 Å². The molecular formula is C18H28BNO3. The summed E-state index contributed by atoms with van der Waals surface area (Å²) in [5, 5.41) is 0. The van der Waals surface area contributed by atoms with Crippen molar-refractivity contribution in [3.05, 3.63) is 34.3 Å². The Morgan fingerprint density at radius 1 is 1.13 bits per heavy atom. The van der Waals surface area contributed by atoms with E-state index in [1.165, 1.54) is 0 Å². The molecule has 1 saturated heterocycles. The number of rotatable bonds is 4. The van der Waals surface area contributed by atoms with Crippen LogP contribution >= 0.6 is 0 Å². The number of hydrogen-bond acceptors (Lipinski definition) is 4. The molecule has 1 aromatic rings. The minimum Gasteiger partial charge on any atom is -0.496 e. The van der Waals surface area contributed by atoms with Crippen molar-refractivity contribution >= 4 is 13.2 Å². The minimum absolute atomic E-state index is 0.363. The Bertz CT molecular complexity index is 584. The van der Waals surface area contributed by atoms with Crippen LogP contribution in [0, 0.1) is 13.8 Å². The Morgan fingerprint density at radius 2 is 1.61 bits per heavy atom. The van der Waals surface area contributed by atoms with Crippen molar-refractivity contribution in [2.45, 2.75) is 52.7 Å². The topological polar surface area (TPSA) is 53.7 Å². The zero-order chi connectivity index (χ0) is 17.4. The minimum atomic E-state index is -0.410. The first-order chi connectivity index (χ1) is 10.6. The summed E-state index contributed by atoms with van der Waals surface area (Å²) in [6, 6.07) is 4.18. The quantitative estimate of drug-likeness (QED) is 0.866. The van der Waals surface area contributed by atoms with E-state index >= 15 is 0 Å². The molecule has 2 N–H and O–H groups in total. The van der Waals surface area contributed by atoms with Crippen molar-refractivity contribution in [1.82, 2.24) is 0 Å². The molecule has 1 heterocycles. The van der Waals surface area contributed by atoms with Crippen LogP contribution in [0.4, 0.5) is 0 Å². The molecule has 0 amide bonds. The van der Waals surface area contributed by atoms with Crippen molar-refractivity contribution in [1.29, 1.82) is 0 Å². The number of methoxy groups -OCH3 is 1. The molecule has 0 saturated carbocycles. The van der Waals surface area contributed by atoms with E-state index in [9.17, 15) is 0 Å². The van der Waals surface area contributed by atoms with Gasteiger partial charge in [-0.25, -0.2) is 0 Å². The number of nitrogens with two attached hydrogens (primary N) is 1. The first-order valence-electron chi connectivity index (χ1n) is 8.02. The molecule has 4 nitrogen and oxygen atoms in total. The maximum absolute atomic E-state index is 6.10. The molecule has 1 aliphatic rings. The Balaban J connectivity index is 2.34. The highest BCUT2D eigenvalue weighted by Gasteiger charge is 2.52. The summed E-state index contributed by atoms with van der Waals surface area (Å²) in [4.78, 5) is 0. The first kappa shape index (κ1) is 18.0. The second kappa shape index (κ2) is 6.31. The summed E-state index contributed by atoms with van der Waals surface area (Å²) in [6.45, 7) is 12.7. The van der Waals surface area contributed by atoms with Gasteiger partial charge < -0.3 is 19.8 Å². The van der Waals surface area contributed by atoms with Gasteiger partial charge in [-0.3, -0.25) is 0 Å². The summed E-state index contributed by atoms with van der Waals surface area (Å²) < 4.78 is 17.6. The Kier molecular flexibility index (Phi) is 4.95. The van der Waals surface area contributed by atoms with Gasteiger partial charge in [0, 0.05) is 6.54 Å². The normalized spacial score (nSPS) is 20.0. The molecule has 0 unspecified atom stereocenters. The molecule has 23 heavy (non-hydrogen) atoms. The van der Waals surface area contributed by atoms with Crippen LogP contribution in [0.15, 0.2) is 17.6 Å². The summed E-state index contributed by atoms with van der Waals surface area (Å²) in [5.41, 5.74) is 9.45. The molecule has 0 spiro atoms. The second-order valence-corrected chi connectivity index (χ2v) is 7.20. The van der Waals surface area contributed by atoms with Gasteiger partial charge in [-0.05, 0) is 75.8 Å². The van der Waals surface area contributed by atoms with Crippen molar-refractivity contribution in [2.75, 3.05) is 13.7 Å². The standard InChI is InChI=1S/C18H28BNO3/c1-12-8-14(9-13(2)16(12)21-7)10-15(11-20)19-22-17(3,4)18(5,6)23-19/h8-10H,11,20H2,1-7H3. The summed E-state index contributed by atoms with van der Waals surface area (Å²) in [7, 11) is 1.29. The molecule has 1 fully saturated rings. The van der Waals surface area contributed by atoms with Gasteiger partial charge in [0.25, 0.3) is 0 Å². The van der Waals surface area contributed by atoms with Gasteiger partial charge in [0.05, 0.1) is 18.3 Å². The predicted octanol–water partition coefficient (Wildman–Crippen LogP) is 3.29. The molecule has 126 valence electrons. The van der Waals surface area contributed by atoms with Crippen molar-refractivity contribution in [3.8, 4) is 5.75 Å². The van der Waals surface area contributed by atoms with Crippen molar-refractivity contribution < 1.29 is 14.0 Å². The van der Waals surface area contributed by atoms with Crippen LogP contribution in [0.2, 0.25) is 0 Å². The van der Waals surface area contributed by atoms with Crippen LogP contribution in [0.1, 0.15) is 44.4 Å². The third-order valence-electron chi connectivity index (χ3n) is 4.83. The van der Waals surface area contributed by atoms with Crippen molar-refractivity contribution in [2.24, 2.45) is 5.73 Å². The molecule has 0 aliphatic carbocycles. The predicted molar refractivity (Wildman–Crippen MR) is 95.6 cm³/mol. The number of aryl methyl sites for hydroxylation is 2. The maximum atomic E-state index is 6.10. The first-order valence-corrected chi connectivity index (χ1v) is 8.02. The molecule has 0 aromatic heterocycles. The van der Waals surface area contributed by atoms with Crippen LogP contribution in [0.25, 0.3) is 6.08 Å². The van der Waals surface area contributed by atoms with Crippen molar-refractivity contribution in [3.63, 3.8) is 0 Å². The van der Waals surface area contributed by atoms with Crippen LogP contribution < -0.4 is 10.5 Å². The van der Waals surface area contributed by atoms with E-state index in [1.807, 2.05) is 41.5 Å². The van der Waals surface area contributed by atoms with Gasteiger partial charge in [0.1, 0.15) is 5.75 Å². The van der Waals surface area contributed by atoms with E-state index in [2.05, 4.69) is 18.2 Å². The highest BCUT2D eigenvalue weighted by Crippen LogP contribution is 2.38. The lowest BCUT2D eigenvalue weighted by atomic mass is 9.77. The van der Waals surface area contributed by atoms with Crippen LogP contribution in [-0.2, 0) is 9.31 Å². The Labute approximate surface area is 140 Å². The van der Waals surface area contributed by atoms with Gasteiger partial charge in [0.2, 0.25) is 0 Å². The zero-order valence-electron chi connectivity index (χ0n) is 15.3. The lowest BCUT2D eigenvalue weighted by Gasteiger charge is -2.32. The summed E-state index contributed by atoms with van der Waals surface area (Å²) >= 11 is 0. The van der Waals surface area contributed by atoms with E-state index < -0.39 is 7.12 Å². The molecule has 2 rings (SSSR count). The smallest absolute Gasteiger partial charge is 0.491 e. The lowest BCUT2D eigenvalue weighted by Crippen LogP contribution is -2.41.